The third kappa shape index (κ3) is 4.14. The molecule has 1 amide bonds. The van der Waals surface area contributed by atoms with Crippen molar-refractivity contribution in [2.24, 2.45) is 0 Å². The van der Waals surface area contributed by atoms with E-state index in [1.807, 2.05) is 32.0 Å². The molecule has 3 aromatic rings. The van der Waals surface area contributed by atoms with E-state index in [1.165, 1.54) is 0 Å². The molecule has 0 unspecified atom stereocenters. The maximum Gasteiger partial charge on any atom is 0.250 e. The second kappa shape index (κ2) is 7.98. The number of furan rings is 1. The lowest BCUT2D eigenvalue weighted by Gasteiger charge is -2.29. The SMILES string of the molecule is Cc1ccc(C)c(NC(=O)CN2CCC(c3nnc(-c4ccoc4)o3)CC2)c1. The van der Waals surface area contributed by atoms with Crippen molar-refractivity contribution in [3.05, 3.63) is 53.8 Å². The minimum absolute atomic E-state index is 0.0205. The Balaban J connectivity index is 1.29. The highest BCUT2D eigenvalue weighted by Gasteiger charge is 2.26. The lowest BCUT2D eigenvalue weighted by atomic mass is 9.97. The first kappa shape index (κ1) is 18.4. The molecule has 3 heterocycles. The molecule has 2 aromatic heterocycles. The summed E-state index contributed by atoms with van der Waals surface area (Å²) in [4.78, 5) is 14.6. The van der Waals surface area contributed by atoms with Gasteiger partial charge in [0, 0.05) is 11.6 Å². The van der Waals surface area contributed by atoms with Gasteiger partial charge in [0.2, 0.25) is 11.8 Å². The van der Waals surface area contributed by atoms with Gasteiger partial charge in [0.15, 0.2) is 0 Å². The number of anilines is 1. The Kier molecular flexibility index (Phi) is 5.25. The van der Waals surface area contributed by atoms with Crippen LogP contribution in [0.4, 0.5) is 5.69 Å². The third-order valence-electron chi connectivity index (χ3n) is 5.18. The smallest absolute Gasteiger partial charge is 0.250 e. The summed E-state index contributed by atoms with van der Waals surface area (Å²) in [7, 11) is 0. The van der Waals surface area contributed by atoms with Gasteiger partial charge in [0.1, 0.15) is 6.26 Å². The minimum atomic E-state index is 0.0205. The van der Waals surface area contributed by atoms with Crippen LogP contribution in [0.3, 0.4) is 0 Å². The normalized spacial score (nSPS) is 15.6. The van der Waals surface area contributed by atoms with Gasteiger partial charge < -0.3 is 14.2 Å². The lowest BCUT2D eigenvalue weighted by Crippen LogP contribution is -2.38. The molecule has 0 aliphatic carbocycles. The molecule has 28 heavy (non-hydrogen) atoms. The first-order chi connectivity index (χ1) is 13.6. The average Bonchev–Trinajstić information content (AvgIpc) is 3.37. The van der Waals surface area contributed by atoms with Gasteiger partial charge >= 0.3 is 0 Å². The number of rotatable bonds is 5. The Hall–Kier alpha value is -2.93. The maximum atomic E-state index is 12.4. The van der Waals surface area contributed by atoms with Crippen molar-refractivity contribution in [1.29, 1.82) is 0 Å². The van der Waals surface area contributed by atoms with Crippen LogP contribution in [0, 0.1) is 13.8 Å². The topological polar surface area (TPSA) is 84.4 Å². The summed E-state index contributed by atoms with van der Waals surface area (Å²) in [6, 6.07) is 7.88. The maximum absolute atomic E-state index is 12.4. The fourth-order valence-corrected chi connectivity index (χ4v) is 3.50. The van der Waals surface area contributed by atoms with Crippen LogP contribution < -0.4 is 5.32 Å². The molecular formula is C21H24N4O3. The average molecular weight is 380 g/mol. The molecule has 7 heteroatoms. The van der Waals surface area contributed by atoms with Crippen LogP contribution in [0.1, 0.15) is 35.8 Å². The van der Waals surface area contributed by atoms with E-state index in [2.05, 4.69) is 20.4 Å². The van der Waals surface area contributed by atoms with E-state index in [4.69, 9.17) is 8.83 Å². The zero-order valence-corrected chi connectivity index (χ0v) is 16.1. The second-order valence-corrected chi connectivity index (χ2v) is 7.37. The van der Waals surface area contributed by atoms with Crippen LogP contribution in [-0.2, 0) is 4.79 Å². The number of piperidine rings is 1. The highest BCUT2D eigenvalue weighted by molar-refractivity contribution is 5.93. The van der Waals surface area contributed by atoms with E-state index >= 15 is 0 Å². The van der Waals surface area contributed by atoms with Crippen LogP contribution >= 0.6 is 0 Å². The van der Waals surface area contributed by atoms with E-state index in [0.717, 1.165) is 48.3 Å². The monoisotopic (exact) mass is 380 g/mol. The fraction of sp³-hybridized carbons (Fsp3) is 0.381. The van der Waals surface area contributed by atoms with Crippen LogP contribution in [-0.4, -0.2) is 40.6 Å². The van der Waals surface area contributed by atoms with Crippen LogP contribution in [0.2, 0.25) is 0 Å². The predicted molar refractivity (Wildman–Crippen MR) is 105 cm³/mol. The van der Waals surface area contributed by atoms with Gasteiger partial charge in [-0.2, -0.15) is 0 Å². The number of nitrogens with zero attached hydrogens (tertiary/aromatic N) is 3. The van der Waals surface area contributed by atoms with Crippen molar-refractivity contribution in [3.63, 3.8) is 0 Å². The number of likely N-dealkylation sites (tertiary alicyclic amines) is 1. The molecule has 1 fully saturated rings. The zero-order valence-electron chi connectivity index (χ0n) is 16.1. The van der Waals surface area contributed by atoms with Gasteiger partial charge in [-0.25, -0.2) is 0 Å². The Bertz CT molecular complexity index is 940. The van der Waals surface area contributed by atoms with Crippen molar-refractivity contribution in [2.75, 3.05) is 25.0 Å². The molecule has 0 radical (unpaired) electrons. The number of carbonyl (C=O) groups excluding carboxylic acids is 1. The highest BCUT2D eigenvalue weighted by Crippen LogP contribution is 2.29. The molecule has 1 saturated heterocycles. The van der Waals surface area contributed by atoms with E-state index in [1.54, 1.807) is 18.6 Å². The molecule has 7 nitrogen and oxygen atoms in total. The molecule has 0 atom stereocenters. The summed E-state index contributed by atoms with van der Waals surface area (Å²) >= 11 is 0. The minimum Gasteiger partial charge on any atom is -0.472 e. The molecule has 0 saturated carbocycles. The Morgan fingerprint density at radius 1 is 1.21 bits per heavy atom. The molecule has 146 valence electrons. The third-order valence-corrected chi connectivity index (χ3v) is 5.18. The first-order valence-corrected chi connectivity index (χ1v) is 9.54. The van der Waals surface area contributed by atoms with Crippen molar-refractivity contribution in [3.8, 4) is 11.5 Å². The van der Waals surface area contributed by atoms with Crippen molar-refractivity contribution in [1.82, 2.24) is 15.1 Å². The number of hydrogen-bond acceptors (Lipinski definition) is 6. The molecule has 1 aromatic carbocycles. The van der Waals surface area contributed by atoms with Crippen LogP contribution in [0.15, 0.2) is 45.6 Å². The number of aromatic nitrogens is 2. The number of aryl methyl sites for hydroxylation is 2. The van der Waals surface area contributed by atoms with Crippen LogP contribution in [0.5, 0.6) is 0 Å². The zero-order chi connectivity index (χ0) is 19.5. The first-order valence-electron chi connectivity index (χ1n) is 9.54. The largest absolute Gasteiger partial charge is 0.472 e. The summed E-state index contributed by atoms with van der Waals surface area (Å²) in [5.41, 5.74) is 3.88. The van der Waals surface area contributed by atoms with Crippen molar-refractivity contribution in [2.45, 2.75) is 32.6 Å². The summed E-state index contributed by atoms with van der Waals surface area (Å²) < 4.78 is 10.9. The summed E-state index contributed by atoms with van der Waals surface area (Å²) in [5.74, 6) is 1.40. The van der Waals surface area contributed by atoms with Crippen LogP contribution in [0.25, 0.3) is 11.5 Å². The molecule has 0 bridgehead atoms. The van der Waals surface area contributed by atoms with Gasteiger partial charge in [0.25, 0.3) is 5.89 Å². The highest BCUT2D eigenvalue weighted by atomic mass is 16.4. The van der Waals surface area contributed by atoms with Crippen molar-refractivity contribution >= 4 is 11.6 Å². The summed E-state index contributed by atoms with van der Waals surface area (Å²) in [5, 5.41) is 11.3. The van der Waals surface area contributed by atoms with E-state index in [-0.39, 0.29) is 11.8 Å². The van der Waals surface area contributed by atoms with E-state index < -0.39 is 0 Å². The number of nitrogens with one attached hydrogen (secondary N) is 1. The Morgan fingerprint density at radius 2 is 2.04 bits per heavy atom. The molecule has 1 aliphatic heterocycles. The molecule has 1 N–H and O–H groups in total. The van der Waals surface area contributed by atoms with Crippen molar-refractivity contribution < 1.29 is 13.6 Å². The number of amides is 1. The Labute approximate surface area is 163 Å². The fourth-order valence-electron chi connectivity index (χ4n) is 3.50. The standard InChI is InChI=1S/C21H24N4O3/c1-14-3-4-15(2)18(11-14)22-19(26)12-25-8-5-16(6-9-25)20-23-24-21(28-20)17-7-10-27-13-17/h3-4,7,10-11,13,16H,5-6,8-9,12H2,1-2H3,(H,22,26). The van der Waals surface area contributed by atoms with E-state index in [9.17, 15) is 4.79 Å². The number of benzene rings is 1. The van der Waals surface area contributed by atoms with Gasteiger partial charge in [-0.1, -0.05) is 12.1 Å². The summed E-state index contributed by atoms with van der Waals surface area (Å²) in [6.07, 6.45) is 4.96. The molecule has 1 aliphatic rings. The summed E-state index contributed by atoms with van der Waals surface area (Å²) in [6.45, 7) is 6.07. The molecular weight excluding hydrogens is 356 g/mol. The van der Waals surface area contributed by atoms with Gasteiger partial charge in [0.05, 0.1) is 18.4 Å². The van der Waals surface area contributed by atoms with E-state index in [0.29, 0.717) is 18.3 Å². The Morgan fingerprint density at radius 3 is 2.79 bits per heavy atom. The van der Waals surface area contributed by atoms with Gasteiger partial charge in [-0.05, 0) is 63.0 Å². The lowest BCUT2D eigenvalue weighted by molar-refractivity contribution is -0.117. The molecule has 0 spiro atoms. The molecule has 4 rings (SSSR count). The quantitative estimate of drug-likeness (QED) is 0.725. The van der Waals surface area contributed by atoms with Gasteiger partial charge in [-0.15, -0.1) is 10.2 Å². The van der Waals surface area contributed by atoms with Gasteiger partial charge in [-0.3, -0.25) is 9.69 Å². The number of carbonyl (C=O) groups is 1. The predicted octanol–water partition coefficient (Wildman–Crippen LogP) is 3.76. The number of hydrogen-bond donors (Lipinski definition) is 1. The second-order valence-electron chi connectivity index (χ2n) is 7.37.